The first-order valence-corrected chi connectivity index (χ1v) is 6.45. The number of nitrogens with two attached hydrogens (primary N) is 1. The van der Waals surface area contributed by atoms with Gasteiger partial charge in [-0.25, -0.2) is 0 Å². The van der Waals surface area contributed by atoms with E-state index in [2.05, 4.69) is 51.6 Å². The average Bonchev–Trinajstić information content (AvgIpc) is 2.22. The first kappa shape index (κ1) is 15.9. The van der Waals surface area contributed by atoms with Gasteiger partial charge in [0.15, 0.2) is 0 Å². The van der Waals surface area contributed by atoms with Crippen LogP contribution in [-0.4, -0.2) is 55.6 Å². The van der Waals surface area contributed by atoms with Gasteiger partial charge in [-0.15, -0.1) is 0 Å². The Morgan fingerprint density at radius 2 is 1.75 bits per heavy atom. The van der Waals surface area contributed by atoms with Crippen molar-refractivity contribution in [3.63, 3.8) is 0 Å². The Bertz CT molecular complexity index is 174. The van der Waals surface area contributed by atoms with E-state index in [1.54, 1.807) is 0 Å². The minimum absolute atomic E-state index is 0.153. The predicted molar refractivity (Wildman–Crippen MR) is 72.7 cm³/mol. The van der Waals surface area contributed by atoms with Gasteiger partial charge in [0.05, 0.1) is 0 Å². The number of likely N-dealkylation sites (N-methyl/N-ethyl adjacent to an activating group) is 1. The highest BCUT2D eigenvalue weighted by atomic mass is 15.2. The van der Waals surface area contributed by atoms with Crippen molar-refractivity contribution in [3.05, 3.63) is 0 Å². The van der Waals surface area contributed by atoms with Gasteiger partial charge in [0.25, 0.3) is 0 Å². The SMILES string of the molecule is CCC(C)(CN)N(CCN(C)C)CC(C)C. The van der Waals surface area contributed by atoms with E-state index in [-0.39, 0.29) is 5.54 Å². The smallest absolute Gasteiger partial charge is 0.0301 e. The number of nitrogens with zero attached hydrogens (tertiary/aromatic N) is 2. The van der Waals surface area contributed by atoms with E-state index < -0.39 is 0 Å². The Morgan fingerprint density at radius 3 is 2.06 bits per heavy atom. The van der Waals surface area contributed by atoms with Gasteiger partial charge in [0, 0.05) is 31.7 Å². The highest BCUT2D eigenvalue weighted by Crippen LogP contribution is 2.19. The number of hydrogen-bond acceptors (Lipinski definition) is 3. The van der Waals surface area contributed by atoms with Crippen LogP contribution in [0.25, 0.3) is 0 Å². The summed E-state index contributed by atoms with van der Waals surface area (Å²) in [7, 11) is 4.25. The third-order valence-corrected chi connectivity index (χ3v) is 3.37. The normalized spacial score (nSPS) is 16.1. The largest absolute Gasteiger partial charge is 0.329 e. The molecule has 0 aliphatic heterocycles. The Balaban J connectivity index is 4.50. The highest BCUT2D eigenvalue weighted by molar-refractivity contribution is 4.86. The van der Waals surface area contributed by atoms with E-state index in [4.69, 9.17) is 5.73 Å². The van der Waals surface area contributed by atoms with Crippen LogP contribution in [0.2, 0.25) is 0 Å². The summed E-state index contributed by atoms with van der Waals surface area (Å²) in [6.07, 6.45) is 1.11. The van der Waals surface area contributed by atoms with E-state index in [0.717, 1.165) is 32.6 Å². The molecular weight excluding hydrogens is 198 g/mol. The second-order valence-corrected chi connectivity index (χ2v) is 5.70. The minimum atomic E-state index is 0.153. The van der Waals surface area contributed by atoms with Crippen LogP contribution in [0.1, 0.15) is 34.1 Å². The van der Waals surface area contributed by atoms with Crippen molar-refractivity contribution in [1.82, 2.24) is 9.80 Å². The Morgan fingerprint density at radius 1 is 1.19 bits per heavy atom. The summed E-state index contributed by atoms with van der Waals surface area (Å²) in [4.78, 5) is 4.79. The monoisotopic (exact) mass is 229 g/mol. The molecule has 0 rings (SSSR count). The lowest BCUT2D eigenvalue weighted by Gasteiger charge is -2.41. The third kappa shape index (κ3) is 5.28. The van der Waals surface area contributed by atoms with Crippen LogP contribution in [0.3, 0.4) is 0 Å². The predicted octanol–water partition coefficient (Wildman–Crippen LogP) is 1.63. The molecular formula is C13H31N3. The second-order valence-electron chi connectivity index (χ2n) is 5.70. The maximum atomic E-state index is 5.95. The van der Waals surface area contributed by atoms with Gasteiger partial charge in [0.2, 0.25) is 0 Å². The zero-order valence-corrected chi connectivity index (χ0v) is 12.1. The summed E-state index contributed by atoms with van der Waals surface area (Å²) in [6.45, 7) is 13.1. The molecule has 0 aromatic heterocycles. The fourth-order valence-corrected chi connectivity index (χ4v) is 1.84. The van der Waals surface area contributed by atoms with Gasteiger partial charge < -0.3 is 10.6 Å². The molecule has 1 unspecified atom stereocenters. The van der Waals surface area contributed by atoms with Crippen LogP contribution in [0.4, 0.5) is 0 Å². The third-order valence-electron chi connectivity index (χ3n) is 3.37. The Hall–Kier alpha value is -0.120. The maximum Gasteiger partial charge on any atom is 0.0301 e. The van der Waals surface area contributed by atoms with Gasteiger partial charge in [-0.05, 0) is 33.4 Å². The molecule has 0 aliphatic carbocycles. The molecule has 0 amide bonds. The fraction of sp³-hybridized carbons (Fsp3) is 1.00. The van der Waals surface area contributed by atoms with Gasteiger partial charge in [-0.3, -0.25) is 4.90 Å². The first-order chi connectivity index (χ1) is 7.35. The van der Waals surface area contributed by atoms with Crippen LogP contribution in [0, 0.1) is 5.92 Å². The quantitative estimate of drug-likeness (QED) is 0.687. The average molecular weight is 229 g/mol. The maximum absolute atomic E-state index is 5.95. The number of rotatable bonds is 8. The van der Waals surface area contributed by atoms with Crippen LogP contribution in [-0.2, 0) is 0 Å². The van der Waals surface area contributed by atoms with E-state index in [1.807, 2.05) is 0 Å². The molecule has 0 spiro atoms. The molecule has 0 bridgehead atoms. The van der Waals surface area contributed by atoms with Crippen LogP contribution in [0.5, 0.6) is 0 Å². The topological polar surface area (TPSA) is 32.5 Å². The summed E-state index contributed by atoms with van der Waals surface area (Å²) in [5, 5.41) is 0. The van der Waals surface area contributed by atoms with E-state index >= 15 is 0 Å². The summed E-state index contributed by atoms with van der Waals surface area (Å²) in [5.41, 5.74) is 6.10. The van der Waals surface area contributed by atoms with Crippen molar-refractivity contribution in [3.8, 4) is 0 Å². The number of hydrogen-bond donors (Lipinski definition) is 1. The van der Waals surface area contributed by atoms with Crippen molar-refractivity contribution in [2.24, 2.45) is 11.7 Å². The molecule has 0 fully saturated rings. The van der Waals surface area contributed by atoms with Crippen molar-refractivity contribution in [2.75, 3.05) is 40.3 Å². The lowest BCUT2D eigenvalue weighted by atomic mass is 9.95. The van der Waals surface area contributed by atoms with E-state index in [1.165, 1.54) is 0 Å². The van der Waals surface area contributed by atoms with Gasteiger partial charge in [0.1, 0.15) is 0 Å². The molecule has 2 N–H and O–H groups in total. The summed E-state index contributed by atoms with van der Waals surface area (Å²) < 4.78 is 0. The fourth-order valence-electron chi connectivity index (χ4n) is 1.84. The summed E-state index contributed by atoms with van der Waals surface area (Å²) in [6, 6.07) is 0. The zero-order chi connectivity index (χ0) is 12.8. The molecule has 3 nitrogen and oxygen atoms in total. The highest BCUT2D eigenvalue weighted by Gasteiger charge is 2.28. The standard InChI is InChI=1S/C13H31N3/c1-7-13(4,11-14)16(10-12(2)3)9-8-15(5)6/h12H,7-11,14H2,1-6H3. The van der Waals surface area contributed by atoms with Gasteiger partial charge >= 0.3 is 0 Å². The zero-order valence-electron chi connectivity index (χ0n) is 12.1. The van der Waals surface area contributed by atoms with E-state index in [0.29, 0.717) is 5.92 Å². The first-order valence-electron chi connectivity index (χ1n) is 6.45. The molecule has 0 heterocycles. The van der Waals surface area contributed by atoms with Crippen LogP contribution >= 0.6 is 0 Å². The Labute approximate surface area is 102 Å². The molecule has 3 heteroatoms. The van der Waals surface area contributed by atoms with Crippen molar-refractivity contribution in [2.45, 2.75) is 39.7 Å². The molecule has 0 aromatic carbocycles. The molecule has 0 saturated carbocycles. The van der Waals surface area contributed by atoms with E-state index in [9.17, 15) is 0 Å². The molecule has 0 saturated heterocycles. The summed E-state index contributed by atoms with van der Waals surface area (Å²) in [5.74, 6) is 0.694. The lowest BCUT2D eigenvalue weighted by Crippen LogP contribution is -2.54. The molecule has 0 aromatic rings. The Kier molecular flexibility index (Phi) is 7.20. The minimum Gasteiger partial charge on any atom is -0.329 e. The molecule has 0 aliphatic rings. The second kappa shape index (κ2) is 7.25. The molecule has 0 radical (unpaired) electrons. The van der Waals surface area contributed by atoms with Crippen molar-refractivity contribution >= 4 is 0 Å². The molecule has 16 heavy (non-hydrogen) atoms. The molecule has 98 valence electrons. The van der Waals surface area contributed by atoms with Crippen LogP contribution in [0.15, 0.2) is 0 Å². The van der Waals surface area contributed by atoms with Gasteiger partial charge in [-0.2, -0.15) is 0 Å². The molecule has 1 atom stereocenters. The van der Waals surface area contributed by atoms with Crippen molar-refractivity contribution < 1.29 is 0 Å². The lowest BCUT2D eigenvalue weighted by molar-refractivity contribution is 0.0838. The van der Waals surface area contributed by atoms with Crippen LogP contribution < -0.4 is 5.73 Å². The summed E-state index contributed by atoms with van der Waals surface area (Å²) >= 11 is 0. The van der Waals surface area contributed by atoms with Gasteiger partial charge in [-0.1, -0.05) is 20.8 Å². The van der Waals surface area contributed by atoms with Crippen molar-refractivity contribution in [1.29, 1.82) is 0 Å².